The van der Waals surface area contributed by atoms with E-state index in [-0.39, 0.29) is 28.6 Å². The largest absolute Gasteiger partial charge is 0.497 e. The maximum Gasteiger partial charge on any atom is 0.348 e. The number of benzene rings is 2. The Bertz CT molecular complexity index is 1030. The summed E-state index contributed by atoms with van der Waals surface area (Å²) in [5.41, 5.74) is -1.85. The number of carboxylic acid groups (broad SMARTS) is 1. The Morgan fingerprint density at radius 2 is 1.57 bits per heavy atom. The molecule has 30 heavy (non-hydrogen) atoms. The van der Waals surface area contributed by atoms with Gasteiger partial charge in [-0.25, -0.2) is 4.79 Å². The molecule has 0 amide bonds. The van der Waals surface area contributed by atoms with Gasteiger partial charge in [0.25, 0.3) is 0 Å². The minimum absolute atomic E-state index is 0.0176. The predicted octanol–water partition coefficient (Wildman–Crippen LogP) is 3.30. The summed E-state index contributed by atoms with van der Waals surface area (Å²) in [7, 11) is 5.76. The molecule has 1 unspecified atom stereocenters. The van der Waals surface area contributed by atoms with Gasteiger partial charge in [0.2, 0.25) is 11.4 Å². The second-order valence-electron chi connectivity index (χ2n) is 6.33. The number of furan rings is 1. The first-order valence-corrected chi connectivity index (χ1v) is 8.90. The Labute approximate surface area is 173 Å². The standard InChI is InChI=1S/C22H22O8/c1-26-15-7-5-6-13(10-15)16-8-9-19(30-16)22(25,21(23)24)14-11-17(27-2)20(29-4)18(12-14)28-3/h5-12,25H,1-4H3,(H,23,24). The highest BCUT2D eigenvalue weighted by molar-refractivity contribution is 5.84. The summed E-state index contributed by atoms with van der Waals surface area (Å²) in [5, 5.41) is 21.1. The highest BCUT2D eigenvalue weighted by Crippen LogP contribution is 2.43. The van der Waals surface area contributed by atoms with Crippen LogP contribution in [0.25, 0.3) is 11.3 Å². The summed E-state index contributed by atoms with van der Waals surface area (Å²) < 4.78 is 26.8. The van der Waals surface area contributed by atoms with Gasteiger partial charge >= 0.3 is 5.97 Å². The van der Waals surface area contributed by atoms with Crippen molar-refractivity contribution in [2.75, 3.05) is 28.4 Å². The monoisotopic (exact) mass is 414 g/mol. The number of carbonyl (C=O) groups is 1. The van der Waals surface area contributed by atoms with Crippen LogP contribution in [0.2, 0.25) is 0 Å². The number of hydrogen-bond acceptors (Lipinski definition) is 7. The van der Waals surface area contributed by atoms with Crippen LogP contribution >= 0.6 is 0 Å². The molecule has 0 aliphatic heterocycles. The molecule has 2 N–H and O–H groups in total. The maximum absolute atomic E-state index is 12.2. The minimum atomic E-state index is -2.50. The second-order valence-corrected chi connectivity index (χ2v) is 6.33. The lowest BCUT2D eigenvalue weighted by Crippen LogP contribution is -2.36. The molecule has 0 saturated carbocycles. The van der Waals surface area contributed by atoms with Crippen molar-refractivity contribution in [3.8, 4) is 34.3 Å². The Hall–Kier alpha value is -3.65. The lowest BCUT2D eigenvalue weighted by Gasteiger charge is -2.24. The average Bonchev–Trinajstić information content (AvgIpc) is 3.28. The molecule has 0 fully saturated rings. The van der Waals surface area contributed by atoms with E-state index >= 15 is 0 Å². The van der Waals surface area contributed by atoms with Crippen molar-refractivity contribution in [2.24, 2.45) is 0 Å². The van der Waals surface area contributed by atoms with Gasteiger partial charge in [0, 0.05) is 11.1 Å². The van der Waals surface area contributed by atoms with E-state index in [4.69, 9.17) is 23.4 Å². The summed E-state index contributed by atoms with van der Waals surface area (Å²) in [4.78, 5) is 12.2. The molecule has 1 atom stereocenters. The van der Waals surface area contributed by atoms with E-state index in [0.717, 1.165) is 0 Å². The summed E-state index contributed by atoms with van der Waals surface area (Å²) >= 11 is 0. The molecule has 8 nitrogen and oxygen atoms in total. The molecule has 1 aromatic heterocycles. The van der Waals surface area contributed by atoms with Crippen LogP contribution in [0.1, 0.15) is 11.3 Å². The van der Waals surface area contributed by atoms with E-state index in [9.17, 15) is 15.0 Å². The summed E-state index contributed by atoms with van der Waals surface area (Å²) in [6.45, 7) is 0. The average molecular weight is 414 g/mol. The van der Waals surface area contributed by atoms with Crippen LogP contribution < -0.4 is 18.9 Å². The zero-order chi connectivity index (χ0) is 21.9. The molecule has 2 aromatic carbocycles. The van der Waals surface area contributed by atoms with Gasteiger partial charge in [-0.1, -0.05) is 12.1 Å². The fourth-order valence-electron chi connectivity index (χ4n) is 3.12. The van der Waals surface area contributed by atoms with Crippen LogP contribution in [-0.2, 0) is 10.4 Å². The van der Waals surface area contributed by atoms with E-state index in [1.54, 1.807) is 37.4 Å². The molecule has 158 valence electrons. The van der Waals surface area contributed by atoms with Crippen molar-refractivity contribution in [1.29, 1.82) is 0 Å². The molecular weight excluding hydrogens is 392 g/mol. The molecule has 0 radical (unpaired) electrons. The fraction of sp³-hybridized carbons (Fsp3) is 0.227. The Kier molecular flexibility index (Phi) is 5.89. The predicted molar refractivity (Wildman–Crippen MR) is 107 cm³/mol. The van der Waals surface area contributed by atoms with E-state index in [0.29, 0.717) is 17.1 Å². The molecule has 0 bridgehead atoms. The molecule has 3 rings (SSSR count). The SMILES string of the molecule is COc1cccc(-c2ccc(C(O)(C(=O)O)c3cc(OC)c(OC)c(OC)c3)o2)c1. The van der Waals surface area contributed by atoms with Crippen molar-refractivity contribution in [1.82, 2.24) is 0 Å². The maximum atomic E-state index is 12.2. The normalized spacial score (nSPS) is 12.7. The molecule has 1 heterocycles. The quantitative estimate of drug-likeness (QED) is 0.578. The van der Waals surface area contributed by atoms with Crippen molar-refractivity contribution in [3.63, 3.8) is 0 Å². The van der Waals surface area contributed by atoms with Gasteiger partial charge in [0.1, 0.15) is 11.5 Å². The first-order valence-electron chi connectivity index (χ1n) is 8.90. The smallest absolute Gasteiger partial charge is 0.348 e. The topological polar surface area (TPSA) is 108 Å². The number of hydrogen-bond donors (Lipinski definition) is 2. The lowest BCUT2D eigenvalue weighted by molar-refractivity contribution is -0.156. The van der Waals surface area contributed by atoms with Crippen molar-refractivity contribution in [2.45, 2.75) is 5.60 Å². The third-order valence-electron chi connectivity index (χ3n) is 4.71. The van der Waals surface area contributed by atoms with Crippen LogP contribution in [0, 0.1) is 0 Å². The highest BCUT2D eigenvalue weighted by atomic mass is 16.5. The van der Waals surface area contributed by atoms with E-state index < -0.39 is 11.6 Å². The van der Waals surface area contributed by atoms with Crippen LogP contribution in [0.15, 0.2) is 52.9 Å². The van der Waals surface area contributed by atoms with Gasteiger partial charge in [-0.3, -0.25) is 0 Å². The fourth-order valence-corrected chi connectivity index (χ4v) is 3.12. The Morgan fingerprint density at radius 1 is 0.900 bits per heavy atom. The van der Waals surface area contributed by atoms with E-state index in [1.807, 2.05) is 0 Å². The third kappa shape index (κ3) is 3.53. The van der Waals surface area contributed by atoms with Crippen LogP contribution in [-0.4, -0.2) is 44.6 Å². The van der Waals surface area contributed by atoms with Crippen LogP contribution in [0.4, 0.5) is 0 Å². The number of rotatable bonds is 8. The molecule has 0 saturated heterocycles. The number of methoxy groups -OCH3 is 4. The van der Waals surface area contributed by atoms with Crippen LogP contribution in [0.5, 0.6) is 23.0 Å². The molecule has 8 heteroatoms. The molecule has 0 aliphatic rings. The zero-order valence-electron chi connectivity index (χ0n) is 17.0. The number of ether oxygens (including phenoxy) is 4. The molecule has 3 aromatic rings. The zero-order valence-corrected chi connectivity index (χ0v) is 17.0. The van der Waals surface area contributed by atoms with E-state index in [2.05, 4.69) is 0 Å². The first-order chi connectivity index (χ1) is 14.4. The highest BCUT2D eigenvalue weighted by Gasteiger charge is 2.44. The Morgan fingerprint density at radius 3 is 2.10 bits per heavy atom. The van der Waals surface area contributed by atoms with Gasteiger partial charge in [-0.2, -0.15) is 0 Å². The first kappa shape index (κ1) is 21.1. The summed E-state index contributed by atoms with van der Waals surface area (Å²) in [6, 6.07) is 12.8. The Balaban J connectivity index is 2.14. The van der Waals surface area contributed by atoms with Gasteiger partial charge in [0.05, 0.1) is 28.4 Å². The van der Waals surface area contributed by atoms with Gasteiger partial charge in [-0.15, -0.1) is 0 Å². The minimum Gasteiger partial charge on any atom is -0.497 e. The molecular formula is C22H22O8. The lowest BCUT2D eigenvalue weighted by atomic mass is 9.90. The van der Waals surface area contributed by atoms with Crippen molar-refractivity contribution < 1.29 is 38.4 Å². The van der Waals surface area contributed by atoms with Gasteiger partial charge < -0.3 is 33.6 Å². The summed E-state index contributed by atoms with van der Waals surface area (Å²) in [6.07, 6.45) is 0. The van der Waals surface area contributed by atoms with Gasteiger partial charge in [0.15, 0.2) is 17.3 Å². The summed E-state index contributed by atoms with van der Waals surface area (Å²) in [5.74, 6) is -0.0461. The van der Waals surface area contributed by atoms with Crippen molar-refractivity contribution in [3.05, 3.63) is 59.9 Å². The number of aliphatic carboxylic acids is 1. The second kappa shape index (κ2) is 8.38. The molecule has 0 aliphatic carbocycles. The number of carboxylic acids is 1. The van der Waals surface area contributed by atoms with E-state index in [1.165, 1.54) is 39.5 Å². The number of aliphatic hydroxyl groups is 1. The van der Waals surface area contributed by atoms with Crippen LogP contribution in [0.3, 0.4) is 0 Å². The third-order valence-corrected chi connectivity index (χ3v) is 4.71. The molecule has 0 spiro atoms. The van der Waals surface area contributed by atoms with Gasteiger partial charge in [-0.05, 0) is 36.4 Å². The van der Waals surface area contributed by atoms with Crippen molar-refractivity contribution >= 4 is 5.97 Å².